The van der Waals surface area contributed by atoms with Gasteiger partial charge in [-0.1, -0.05) is 24.3 Å². The van der Waals surface area contributed by atoms with Crippen molar-refractivity contribution in [1.29, 1.82) is 0 Å². The van der Waals surface area contributed by atoms with Gasteiger partial charge in [-0.2, -0.15) is 10.2 Å². The van der Waals surface area contributed by atoms with E-state index in [0.29, 0.717) is 12.4 Å². The van der Waals surface area contributed by atoms with E-state index in [1.807, 2.05) is 41.5 Å². The van der Waals surface area contributed by atoms with E-state index in [2.05, 4.69) is 34.6 Å². The average Bonchev–Trinajstić information content (AvgIpc) is 3.21. The van der Waals surface area contributed by atoms with E-state index in [4.69, 9.17) is 0 Å². The first-order valence-electron chi connectivity index (χ1n) is 8.66. The van der Waals surface area contributed by atoms with E-state index in [9.17, 15) is 4.79 Å². The molecule has 0 bridgehead atoms. The Morgan fingerprint density at radius 1 is 1.23 bits per heavy atom. The van der Waals surface area contributed by atoms with Gasteiger partial charge in [0.05, 0.1) is 12.7 Å². The zero-order valence-corrected chi connectivity index (χ0v) is 15.3. The molecule has 0 saturated carbocycles. The molecular formula is C20H23N5O. The van der Waals surface area contributed by atoms with Gasteiger partial charge in [0.1, 0.15) is 0 Å². The fourth-order valence-electron chi connectivity index (χ4n) is 2.76. The predicted octanol–water partition coefficient (Wildman–Crippen LogP) is 3.42. The monoisotopic (exact) mass is 349 g/mol. The Bertz CT molecular complexity index is 935. The Hall–Kier alpha value is -3.15. The Balaban J connectivity index is 1.61. The van der Waals surface area contributed by atoms with Gasteiger partial charge in [-0.3, -0.25) is 14.2 Å². The molecule has 0 aliphatic rings. The first kappa shape index (κ1) is 17.7. The summed E-state index contributed by atoms with van der Waals surface area (Å²) < 4.78 is 3.71. The maximum Gasteiger partial charge on any atom is 0.249 e. The van der Waals surface area contributed by atoms with Gasteiger partial charge in [0.2, 0.25) is 5.91 Å². The molecule has 3 aromatic rings. The first-order valence-corrected chi connectivity index (χ1v) is 8.66. The summed E-state index contributed by atoms with van der Waals surface area (Å²) in [5.41, 5.74) is 4.41. The Labute approximate surface area is 153 Å². The molecule has 1 N–H and O–H groups in total. The number of hydrogen-bond acceptors (Lipinski definition) is 3. The third-order valence-electron chi connectivity index (χ3n) is 4.34. The van der Waals surface area contributed by atoms with Gasteiger partial charge >= 0.3 is 0 Å². The smallest absolute Gasteiger partial charge is 0.249 e. The Kier molecular flexibility index (Phi) is 5.31. The molecule has 2 heterocycles. The quantitative estimate of drug-likeness (QED) is 0.694. The molecule has 0 aliphatic carbocycles. The molecule has 1 amide bonds. The molecule has 0 atom stereocenters. The standard InChI is InChI=1S/C20H23N5O/c1-4-25-16(3)17(13-21-25)9-10-20(26)22-19-11-12-24(23-19)14-18-8-6-5-7-15(18)2/h5-13H,4,14H2,1-3H3,(H,22,23,26)/b10-9+. The maximum atomic E-state index is 12.1. The first-order chi connectivity index (χ1) is 12.6. The number of carbonyl (C=O) groups excluding carboxylic acids is 1. The summed E-state index contributed by atoms with van der Waals surface area (Å²) >= 11 is 0. The largest absolute Gasteiger partial charge is 0.306 e. The van der Waals surface area contributed by atoms with Crippen LogP contribution in [0, 0.1) is 13.8 Å². The molecule has 26 heavy (non-hydrogen) atoms. The van der Waals surface area contributed by atoms with E-state index in [0.717, 1.165) is 17.8 Å². The van der Waals surface area contributed by atoms with Crippen LogP contribution in [0.2, 0.25) is 0 Å². The fourth-order valence-corrected chi connectivity index (χ4v) is 2.76. The number of nitrogens with one attached hydrogen (secondary N) is 1. The molecule has 6 nitrogen and oxygen atoms in total. The highest BCUT2D eigenvalue weighted by molar-refractivity contribution is 6.01. The molecule has 0 saturated heterocycles. The number of carbonyl (C=O) groups is 1. The molecule has 1 aromatic carbocycles. The van der Waals surface area contributed by atoms with Gasteiger partial charge in [0.25, 0.3) is 0 Å². The Morgan fingerprint density at radius 2 is 2.04 bits per heavy atom. The second kappa shape index (κ2) is 7.82. The van der Waals surface area contributed by atoms with Crippen LogP contribution in [0.5, 0.6) is 0 Å². The van der Waals surface area contributed by atoms with E-state index < -0.39 is 0 Å². The summed E-state index contributed by atoms with van der Waals surface area (Å²) in [5, 5.41) is 11.5. The average molecular weight is 349 g/mol. The summed E-state index contributed by atoms with van der Waals surface area (Å²) in [4.78, 5) is 12.1. The number of aromatic nitrogens is 4. The zero-order valence-electron chi connectivity index (χ0n) is 15.3. The summed E-state index contributed by atoms with van der Waals surface area (Å²) in [7, 11) is 0. The van der Waals surface area contributed by atoms with Gasteiger partial charge in [-0.05, 0) is 38.0 Å². The number of benzene rings is 1. The molecule has 0 aliphatic heterocycles. The second-order valence-corrected chi connectivity index (χ2v) is 6.15. The van der Waals surface area contributed by atoms with Crippen LogP contribution in [-0.4, -0.2) is 25.5 Å². The van der Waals surface area contributed by atoms with Crippen molar-refractivity contribution in [3.05, 3.63) is 71.2 Å². The van der Waals surface area contributed by atoms with Crippen LogP contribution in [0.1, 0.15) is 29.3 Å². The lowest BCUT2D eigenvalue weighted by molar-refractivity contribution is -0.111. The summed E-state index contributed by atoms with van der Waals surface area (Å²) in [5.74, 6) is 0.323. The molecule has 3 rings (SSSR count). The van der Waals surface area contributed by atoms with Crippen molar-refractivity contribution in [3.8, 4) is 0 Å². The lowest BCUT2D eigenvalue weighted by Crippen LogP contribution is -2.09. The van der Waals surface area contributed by atoms with E-state index in [-0.39, 0.29) is 5.91 Å². The molecule has 0 radical (unpaired) electrons. The molecule has 2 aromatic heterocycles. The van der Waals surface area contributed by atoms with Crippen LogP contribution in [0.15, 0.2) is 48.8 Å². The van der Waals surface area contributed by atoms with Crippen LogP contribution < -0.4 is 5.32 Å². The number of anilines is 1. The molecule has 0 unspecified atom stereocenters. The molecular weight excluding hydrogens is 326 g/mol. The Morgan fingerprint density at radius 3 is 2.77 bits per heavy atom. The van der Waals surface area contributed by atoms with Crippen LogP contribution in [0.3, 0.4) is 0 Å². The molecule has 6 heteroatoms. The highest BCUT2D eigenvalue weighted by atomic mass is 16.1. The fraction of sp³-hybridized carbons (Fsp3) is 0.250. The predicted molar refractivity (Wildman–Crippen MR) is 103 cm³/mol. The number of aryl methyl sites for hydroxylation is 2. The second-order valence-electron chi connectivity index (χ2n) is 6.15. The van der Waals surface area contributed by atoms with E-state index in [1.165, 1.54) is 17.2 Å². The summed E-state index contributed by atoms with van der Waals surface area (Å²) in [6.07, 6.45) is 6.90. The van der Waals surface area contributed by atoms with Crippen molar-refractivity contribution in [3.63, 3.8) is 0 Å². The topological polar surface area (TPSA) is 64.7 Å². The van der Waals surface area contributed by atoms with Gasteiger partial charge < -0.3 is 5.32 Å². The van der Waals surface area contributed by atoms with Gasteiger partial charge in [-0.15, -0.1) is 0 Å². The molecule has 134 valence electrons. The van der Waals surface area contributed by atoms with Crippen molar-refractivity contribution < 1.29 is 4.79 Å². The zero-order chi connectivity index (χ0) is 18.5. The molecule has 0 fully saturated rings. The summed E-state index contributed by atoms with van der Waals surface area (Å²) in [6.45, 7) is 7.59. The molecule has 0 spiro atoms. The number of amides is 1. The third-order valence-corrected chi connectivity index (χ3v) is 4.34. The van der Waals surface area contributed by atoms with E-state index in [1.54, 1.807) is 18.3 Å². The van der Waals surface area contributed by atoms with Gasteiger partial charge in [0.15, 0.2) is 5.82 Å². The number of rotatable bonds is 6. The van der Waals surface area contributed by atoms with Crippen LogP contribution in [-0.2, 0) is 17.9 Å². The maximum absolute atomic E-state index is 12.1. The highest BCUT2D eigenvalue weighted by Gasteiger charge is 2.05. The van der Waals surface area contributed by atoms with Crippen molar-refractivity contribution >= 4 is 17.8 Å². The van der Waals surface area contributed by atoms with Crippen molar-refractivity contribution in [2.75, 3.05) is 5.32 Å². The minimum absolute atomic E-state index is 0.213. The number of hydrogen-bond donors (Lipinski definition) is 1. The van der Waals surface area contributed by atoms with Crippen LogP contribution >= 0.6 is 0 Å². The minimum Gasteiger partial charge on any atom is -0.306 e. The van der Waals surface area contributed by atoms with Crippen LogP contribution in [0.4, 0.5) is 5.82 Å². The SMILES string of the molecule is CCn1ncc(/C=C/C(=O)Nc2ccn(Cc3ccccc3C)n2)c1C. The third kappa shape index (κ3) is 4.08. The summed E-state index contributed by atoms with van der Waals surface area (Å²) in [6, 6.07) is 9.99. The highest BCUT2D eigenvalue weighted by Crippen LogP contribution is 2.12. The van der Waals surface area contributed by atoms with Gasteiger partial charge in [-0.25, -0.2) is 0 Å². The number of nitrogens with zero attached hydrogens (tertiary/aromatic N) is 4. The van der Waals surface area contributed by atoms with Gasteiger partial charge in [0, 0.05) is 36.1 Å². The lowest BCUT2D eigenvalue weighted by atomic mass is 10.1. The normalized spacial score (nSPS) is 11.2. The van der Waals surface area contributed by atoms with Crippen LogP contribution in [0.25, 0.3) is 6.08 Å². The lowest BCUT2D eigenvalue weighted by Gasteiger charge is -2.05. The van der Waals surface area contributed by atoms with Crippen molar-refractivity contribution in [1.82, 2.24) is 19.6 Å². The van der Waals surface area contributed by atoms with E-state index >= 15 is 0 Å². The van der Waals surface area contributed by atoms with Crippen molar-refractivity contribution in [2.24, 2.45) is 0 Å². The van der Waals surface area contributed by atoms with Crippen molar-refractivity contribution in [2.45, 2.75) is 33.9 Å². The minimum atomic E-state index is -0.213.